The Bertz CT molecular complexity index is 876. The molecule has 28 heavy (non-hydrogen) atoms. The van der Waals surface area contributed by atoms with Crippen molar-refractivity contribution in [2.75, 3.05) is 24.2 Å². The molecular weight excluding hydrogens is 361 g/mol. The molecule has 0 heterocycles. The first kappa shape index (κ1) is 21.0. The van der Waals surface area contributed by atoms with E-state index in [0.29, 0.717) is 24.5 Å². The minimum absolute atomic E-state index is 0.0864. The molecule has 0 aliphatic rings. The van der Waals surface area contributed by atoms with Gasteiger partial charge in [0.05, 0.1) is 6.61 Å². The summed E-state index contributed by atoms with van der Waals surface area (Å²) in [6.45, 7) is 1.11. The average molecular weight is 385 g/mol. The fraction of sp³-hybridized carbons (Fsp3) is 0.143. The number of nitrogen functional groups attached to an aromatic ring is 1. The second-order valence-electron chi connectivity index (χ2n) is 5.95. The van der Waals surface area contributed by atoms with Gasteiger partial charge in [-0.3, -0.25) is 0 Å². The summed E-state index contributed by atoms with van der Waals surface area (Å²) in [7, 11) is 0. The molecular formula is C21H24FN3O3. The van der Waals surface area contributed by atoms with Crippen molar-refractivity contribution >= 4 is 17.1 Å². The van der Waals surface area contributed by atoms with E-state index in [4.69, 9.17) is 15.9 Å². The lowest BCUT2D eigenvalue weighted by atomic mass is 10.2. The highest BCUT2D eigenvalue weighted by atomic mass is 19.1. The molecule has 0 fully saturated rings. The summed E-state index contributed by atoms with van der Waals surface area (Å²) < 4.78 is 13.0. The first-order valence-electron chi connectivity index (χ1n) is 8.69. The number of aliphatic hydroxyl groups excluding tert-OH is 1. The van der Waals surface area contributed by atoms with Crippen LogP contribution in [0.25, 0.3) is 0 Å². The van der Waals surface area contributed by atoms with Gasteiger partial charge in [0.2, 0.25) is 0 Å². The number of phenols is 2. The van der Waals surface area contributed by atoms with E-state index >= 15 is 0 Å². The van der Waals surface area contributed by atoms with Crippen LogP contribution in [-0.2, 0) is 6.54 Å². The number of aliphatic hydroxyl groups is 1. The van der Waals surface area contributed by atoms with Crippen LogP contribution in [0, 0.1) is 5.82 Å². The number of nitrogens with two attached hydrogens (primary N) is 1. The predicted octanol–water partition coefficient (Wildman–Crippen LogP) is 3.33. The summed E-state index contributed by atoms with van der Waals surface area (Å²) in [6.07, 6.45) is 0. The van der Waals surface area contributed by atoms with Gasteiger partial charge < -0.3 is 31.7 Å². The fourth-order valence-corrected chi connectivity index (χ4v) is 2.32. The lowest BCUT2D eigenvalue weighted by Gasteiger charge is -2.06. The highest BCUT2D eigenvalue weighted by molar-refractivity contribution is 5.60. The van der Waals surface area contributed by atoms with Gasteiger partial charge in [-0.05, 0) is 42.5 Å². The van der Waals surface area contributed by atoms with Crippen LogP contribution in [0.15, 0.2) is 66.7 Å². The van der Waals surface area contributed by atoms with Crippen LogP contribution in [-0.4, -0.2) is 28.5 Å². The lowest BCUT2D eigenvalue weighted by Crippen LogP contribution is -2.17. The van der Waals surface area contributed by atoms with E-state index in [-0.39, 0.29) is 18.1 Å². The summed E-state index contributed by atoms with van der Waals surface area (Å²) >= 11 is 0. The molecule has 0 aliphatic carbocycles. The Morgan fingerprint density at radius 1 is 0.857 bits per heavy atom. The van der Waals surface area contributed by atoms with Gasteiger partial charge in [0.1, 0.15) is 5.75 Å². The molecule has 3 aromatic rings. The first-order chi connectivity index (χ1) is 13.5. The third-order valence-electron chi connectivity index (χ3n) is 3.72. The maximum Gasteiger partial charge on any atom is 0.166 e. The highest BCUT2D eigenvalue weighted by Crippen LogP contribution is 2.22. The van der Waals surface area contributed by atoms with Gasteiger partial charge in [-0.2, -0.15) is 0 Å². The molecule has 0 saturated carbocycles. The predicted molar refractivity (Wildman–Crippen MR) is 109 cm³/mol. The van der Waals surface area contributed by atoms with E-state index in [9.17, 15) is 9.50 Å². The van der Waals surface area contributed by atoms with Gasteiger partial charge in [-0.1, -0.05) is 18.2 Å². The topological polar surface area (TPSA) is 111 Å². The largest absolute Gasteiger partial charge is 0.508 e. The van der Waals surface area contributed by atoms with Crippen molar-refractivity contribution in [2.45, 2.75) is 6.54 Å². The summed E-state index contributed by atoms with van der Waals surface area (Å²) in [5, 5.41) is 32.9. The van der Waals surface area contributed by atoms with Crippen LogP contribution in [0.3, 0.4) is 0 Å². The smallest absolute Gasteiger partial charge is 0.166 e. The Morgan fingerprint density at radius 2 is 1.57 bits per heavy atom. The molecule has 148 valence electrons. The Morgan fingerprint density at radius 3 is 2.25 bits per heavy atom. The molecule has 0 atom stereocenters. The van der Waals surface area contributed by atoms with Crippen molar-refractivity contribution < 1.29 is 19.7 Å². The van der Waals surface area contributed by atoms with Crippen LogP contribution in [0.4, 0.5) is 21.5 Å². The Labute approximate surface area is 163 Å². The zero-order valence-electron chi connectivity index (χ0n) is 15.3. The summed E-state index contributed by atoms with van der Waals surface area (Å²) in [4.78, 5) is 0. The van der Waals surface area contributed by atoms with E-state index in [1.54, 1.807) is 24.3 Å². The molecule has 0 radical (unpaired) electrons. The molecule has 7 heteroatoms. The number of aromatic hydroxyl groups is 2. The second-order valence-corrected chi connectivity index (χ2v) is 5.95. The molecule has 6 nitrogen and oxygen atoms in total. The molecule has 0 aromatic heterocycles. The van der Waals surface area contributed by atoms with E-state index in [1.165, 1.54) is 12.1 Å². The Kier molecular flexibility index (Phi) is 8.08. The number of anilines is 3. The lowest BCUT2D eigenvalue weighted by molar-refractivity contribution is 0.291. The first-order valence-corrected chi connectivity index (χ1v) is 8.69. The summed E-state index contributed by atoms with van der Waals surface area (Å²) in [6, 6.07) is 18.5. The van der Waals surface area contributed by atoms with E-state index in [2.05, 4.69) is 10.6 Å². The average Bonchev–Trinajstić information content (AvgIpc) is 2.69. The third kappa shape index (κ3) is 6.79. The van der Waals surface area contributed by atoms with Crippen molar-refractivity contribution in [3.8, 4) is 11.5 Å². The number of nitrogens with one attached hydrogen (secondary N) is 2. The zero-order valence-corrected chi connectivity index (χ0v) is 15.3. The molecule has 0 amide bonds. The molecule has 3 aromatic carbocycles. The maximum absolute atomic E-state index is 13.0. The third-order valence-corrected chi connectivity index (χ3v) is 3.72. The molecule has 3 rings (SSSR count). The van der Waals surface area contributed by atoms with Crippen LogP contribution >= 0.6 is 0 Å². The van der Waals surface area contributed by atoms with Crippen molar-refractivity contribution in [1.29, 1.82) is 0 Å². The summed E-state index contributed by atoms with van der Waals surface area (Å²) in [5.41, 5.74) is 8.40. The highest BCUT2D eigenvalue weighted by Gasteiger charge is 2.01. The van der Waals surface area contributed by atoms with Gasteiger partial charge in [0.25, 0.3) is 0 Å². The molecule has 0 unspecified atom stereocenters. The molecule has 0 bridgehead atoms. The quantitative estimate of drug-likeness (QED) is 0.221. The minimum Gasteiger partial charge on any atom is -0.508 e. The number of halogens is 1. The van der Waals surface area contributed by atoms with E-state index < -0.39 is 5.82 Å². The number of phenolic OH excluding ortho intramolecular Hbond substituents is 2. The van der Waals surface area contributed by atoms with Crippen LogP contribution < -0.4 is 16.4 Å². The van der Waals surface area contributed by atoms with Gasteiger partial charge in [0.15, 0.2) is 11.6 Å². The van der Waals surface area contributed by atoms with E-state index in [1.807, 2.05) is 30.3 Å². The number of benzene rings is 3. The number of rotatable bonds is 6. The van der Waals surface area contributed by atoms with Crippen molar-refractivity contribution in [3.05, 3.63) is 78.1 Å². The zero-order chi connectivity index (χ0) is 20.4. The monoisotopic (exact) mass is 385 g/mol. The maximum atomic E-state index is 13.0. The Balaban J connectivity index is 0.000000203. The standard InChI is InChI=1S/C12H10FNO.C9H14N2O2/c13-11-8-10(6-7-12(11)15)14-9-4-2-1-3-5-9;10-8-1-2-9(13)7(5-8)6-11-3-4-12/h1-8,14-15H;1-2,5,11-13H,3-4,6,10H2. The van der Waals surface area contributed by atoms with Gasteiger partial charge in [-0.25, -0.2) is 4.39 Å². The van der Waals surface area contributed by atoms with Gasteiger partial charge in [-0.15, -0.1) is 0 Å². The molecule has 0 spiro atoms. The SMILES string of the molecule is Nc1ccc(O)c(CNCCO)c1.Oc1ccc(Nc2ccccc2)cc1F. The Hall–Kier alpha value is -3.29. The summed E-state index contributed by atoms with van der Waals surface area (Å²) in [5.74, 6) is -0.746. The van der Waals surface area contributed by atoms with Crippen LogP contribution in [0.2, 0.25) is 0 Å². The van der Waals surface area contributed by atoms with Gasteiger partial charge in [0, 0.05) is 41.8 Å². The molecule has 7 N–H and O–H groups in total. The fourth-order valence-electron chi connectivity index (χ4n) is 2.32. The van der Waals surface area contributed by atoms with Gasteiger partial charge >= 0.3 is 0 Å². The number of hydrogen-bond acceptors (Lipinski definition) is 6. The minimum atomic E-state index is -0.629. The number of hydrogen-bond donors (Lipinski definition) is 6. The van der Waals surface area contributed by atoms with Crippen molar-refractivity contribution in [3.63, 3.8) is 0 Å². The van der Waals surface area contributed by atoms with Crippen molar-refractivity contribution in [2.24, 2.45) is 0 Å². The molecule has 0 aliphatic heterocycles. The van der Waals surface area contributed by atoms with Crippen LogP contribution in [0.1, 0.15) is 5.56 Å². The van der Waals surface area contributed by atoms with E-state index in [0.717, 1.165) is 11.3 Å². The second kappa shape index (κ2) is 10.8. The molecule has 0 saturated heterocycles. The number of para-hydroxylation sites is 1. The normalized spacial score (nSPS) is 10.1. The van der Waals surface area contributed by atoms with Crippen LogP contribution in [0.5, 0.6) is 11.5 Å². The van der Waals surface area contributed by atoms with Crippen molar-refractivity contribution in [1.82, 2.24) is 5.32 Å².